The van der Waals surface area contributed by atoms with E-state index < -0.39 is 5.97 Å². The van der Waals surface area contributed by atoms with Crippen LogP contribution in [0.25, 0.3) is 11.6 Å². The van der Waals surface area contributed by atoms with Gasteiger partial charge >= 0.3 is 5.97 Å². The predicted molar refractivity (Wildman–Crippen MR) is 75.1 cm³/mol. The number of ether oxygens (including phenoxy) is 1. The van der Waals surface area contributed by atoms with Gasteiger partial charge in [-0.15, -0.1) is 0 Å². The lowest BCUT2D eigenvalue weighted by Gasteiger charge is -2.05. The topological polar surface area (TPSA) is 72.3 Å². The SMILES string of the molecule is CC(=Cc1cccc(OCC(=O)O)c1)c1cnccn1. The largest absolute Gasteiger partial charge is 0.482 e. The molecule has 0 saturated heterocycles. The lowest BCUT2D eigenvalue weighted by Crippen LogP contribution is -2.09. The van der Waals surface area contributed by atoms with Gasteiger partial charge in [-0.05, 0) is 36.3 Å². The fourth-order valence-corrected chi connectivity index (χ4v) is 1.67. The Morgan fingerprint density at radius 3 is 2.95 bits per heavy atom. The van der Waals surface area contributed by atoms with E-state index in [9.17, 15) is 4.79 Å². The minimum Gasteiger partial charge on any atom is -0.482 e. The van der Waals surface area contributed by atoms with Gasteiger partial charge in [0.25, 0.3) is 0 Å². The fraction of sp³-hybridized carbons (Fsp3) is 0.133. The maximum absolute atomic E-state index is 10.5. The standard InChI is InChI=1S/C15H14N2O3/c1-11(14-9-16-5-6-17-14)7-12-3-2-4-13(8-12)20-10-15(18)19/h2-9H,10H2,1H3,(H,18,19). The Morgan fingerprint density at radius 2 is 2.25 bits per heavy atom. The predicted octanol–water partition coefficient (Wildman–Crippen LogP) is 2.50. The van der Waals surface area contributed by atoms with E-state index in [1.165, 1.54) is 0 Å². The third-order valence-corrected chi connectivity index (χ3v) is 2.57. The Balaban J connectivity index is 2.17. The normalized spacial score (nSPS) is 11.2. The number of aromatic nitrogens is 2. The Hall–Kier alpha value is -2.69. The molecule has 1 heterocycles. The molecule has 0 saturated carbocycles. The molecule has 0 unspecified atom stereocenters. The highest BCUT2D eigenvalue weighted by Gasteiger charge is 2.01. The van der Waals surface area contributed by atoms with Gasteiger partial charge in [-0.25, -0.2) is 4.79 Å². The van der Waals surface area contributed by atoms with Crippen LogP contribution in [0.2, 0.25) is 0 Å². The van der Waals surface area contributed by atoms with Crippen LogP contribution in [-0.4, -0.2) is 27.7 Å². The second-order valence-electron chi connectivity index (χ2n) is 4.17. The van der Waals surface area contributed by atoms with Crippen LogP contribution in [0.4, 0.5) is 0 Å². The van der Waals surface area contributed by atoms with Gasteiger partial charge in [0.1, 0.15) is 5.75 Å². The average molecular weight is 270 g/mol. The van der Waals surface area contributed by atoms with Gasteiger partial charge in [0.05, 0.1) is 11.9 Å². The number of carboxylic acid groups (broad SMARTS) is 1. The molecule has 0 fully saturated rings. The van der Waals surface area contributed by atoms with Crippen molar-refractivity contribution < 1.29 is 14.6 Å². The zero-order valence-corrected chi connectivity index (χ0v) is 11.0. The molecule has 5 heteroatoms. The van der Waals surface area contributed by atoms with E-state index in [0.717, 1.165) is 16.8 Å². The number of rotatable bonds is 5. The maximum Gasteiger partial charge on any atom is 0.341 e. The van der Waals surface area contributed by atoms with Crippen molar-refractivity contribution >= 4 is 17.6 Å². The molecular formula is C15H14N2O3. The van der Waals surface area contributed by atoms with Crippen LogP contribution in [-0.2, 0) is 4.79 Å². The highest BCUT2D eigenvalue weighted by atomic mass is 16.5. The molecule has 0 radical (unpaired) electrons. The summed E-state index contributed by atoms with van der Waals surface area (Å²) in [6, 6.07) is 7.22. The first-order valence-electron chi connectivity index (χ1n) is 6.04. The molecule has 0 amide bonds. The zero-order valence-electron chi connectivity index (χ0n) is 11.0. The molecule has 0 aliphatic carbocycles. The van der Waals surface area contributed by atoms with Crippen LogP contribution in [0, 0.1) is 0 Å². The highest BCUT2D eigenvalue weighted by Crippen LogP contribution is 2.19. The van der Waals surface area contributed by atoms with Crippen molar-refractivity contribution in [3.63, 3.8) is 0 Å². The van der Waals surface area contributed by atoms with Crippen LogP contribution in [0.3, 0.4) is 0 Å². The monoisotopic (exact) mass is 270 g/mol. The Bertz CT molecular complexity index is 624. The molecule has 1 aromatic carbocycles. The summed E-state index contributed by atoms with van der Waals surface area (Å²) in [6.07, 6.45) is 6.89. The molecule has 0 aliphatic heterocycles. The number of aliphatic carboxylic acids is 1. The lowest BCUT2D eigenvalue weighted by atomic mass is 10.1. The summed E-state index contributed by atoms with van der Waals surface area (Å²) in [5.41, 5.74) is 2.67. The molecule has 0 atom stereocenters. The van der Waals surface area contributed by atoms with Gasteiger partial charge in [0.15, 0.2) is 6.61 Å². The molecule has 5 nitrogen and oxygen atoms in total. The number of hydrogen-bond donors (Lipinski definition) is 1. The van der Waals surface area contributed by atoms with Gasteiger partial charge in [0, 0.05) is 12.4 Å². The van der Waals surface area contributed by atoms with Crippen molar-refractivity contribution in [1.29, 1.82) is 0 Å². The second kappa shape index (κ2) is 6.47. The van der Waals surface area contributed by atoms with Crippen molar-refractivity contribution in [2.24, 2.45) is 0 Å². The smallest absolute Gasteiger partial charge is 0.341 e. The highest BCUT2D eigenvalue weighted by molar-refractivity contribution is 5.78. The quantitative estimate of drug-likeness (QED) is 0.903. The summed E-state index contributed by atoms with van der Waals surface area (Å²) in [7, 11) is 0. The minimum absolute atomic E-state index is 0.351. The molecule has 2 aromatic rings. The number of nitrogens with zero attached hydrogens (tertiary/aromatic N) is 2. The molecule has 1 aromatic heterocycles. The first-order valence-corrected chi connectivity index (χ1v) is 6.04. The molecule has 1 N–H and O–H groups in total. The van der Waals surface area contributed by atoms with E-state index in [1.807, 2.05) is 25.1 Å². The number of allylic oxidation sites excluding steroid dienone is 1. The van der Waals surface area contributed by atoms with Crippen LogP contribution in [0.1, 0.15) is 18.2 Å². The number of benzene rings is 1. The van der Waals surface area contributed by atoms with E-state index in [-0.39, 0.29) is 6.61 Å². The summed E-state index contributed by atoms with van der Waals surface area (Å²) < 4.78 is 5.14. The number of carboxylic acids is 1. The average Bonchev–Trinajstić information content (AvgIpc) is 2.46. The third-order valence-electron chi connectivity index (χ3n) is 2.57. The van der Waals surface area contributed by atoms with Crippen molar-refractivity contribution in [2.45, 2.75) is 6.92 Å². The van der Waals surface area contributed by atoms with E-state index in [4.69, 9.17) is 9.84 Å². The van der Waals surface area contributed by atoms with Gasteiger partial charge in [-0.3, -0.25) is 9.97 Å². The van der Waals surface area contributed by atoms with E-state index >= 15 is 0 Å². The summed E-state index contributed by atoms with van der Waals surface area (Å²) in [5, 5.41) is 8.59. The molecule has 0 spiro atoms. The van der Waals surface area contributed by atoms with Crippen molar-refractivity contribution in [2.75, 3.05) is 6.61 Å². The first-order chi connectivity index (χ1) is 9.65. The summed E-state index contributed by atoms with van der Waals surface area (Å²) in [5.74, 6) is -0.477. The van der Waals surface area contributed by atoms with Gasteiger partial charge in [-0.2, -0.15) is 0 Å². The van der Waals surface area contributed by atoms with E-state index in [0.29, 0.717) is 5.75 Å². The molecule has 102 valence electrons. The van der Waals surface area contributed by atoms with Gasteiger partial charge in [0.2, 0.25) is 0 Å². The third kappa shape index (κ3) is 3.91. The molecule has 20 heavy (non-hydrogen) atoms. The summed E-state index contributed by atoms with van der Waals surface area (Å²) in [4.78, 5) is 18.7. The summed E-state index contributed by atoms with van der Waals surface area (Å²) in [6.45, 7) is 1.59. The van der Waals surface area contributed by atoms with Gasteiger partial charge in [-0.1, -0.05) is 12.1 Å². The molecule has 2 rings (SSSR count). The molecule has 0 bridgehead atoms. The van der Waals surface area contributed by atoms with Crippen LogP contribution in [0.5, 0.6) is 5.75 Å². The zero-order chi connectivity index (χ0) is 14.4. The van der Waals surface area contributed by atoms with E-state index in [2.05, 4.69) is 9.97 Å². The number of hydrogen-bond acceptors (Lipinski definition) is 4. The first kappa shape index (κ1) is 13.7. The summed E-state index contributed by atoms with van der Waals surface area (Å²) >= 11 is 0. The van der Waals surface area contributed by atoms with Gasteiger partial charge < -0.3 is 9.84 Å². The van der Waals surface area contributed by atoms with Crippen molar-refractivity contribution in [3.05, 3.63) is 54.1 Å². The Kier molecular flexibility index (Phi) is 4.44. The molecular weight excluding hydrogens is 256 g/mol. The Morgan fingerprint density at radius 1 is 1.40 bits per heavy atom. The second-order valence-corrected chi connectivity index (χ2v) is 4.17. The number of carbonyl (C=O) groups is 1. The maximum atomic E-state index is 10.5. The Labute approximate surface area is 116 Å². The van der Waals surface area contributed by atoms with Crippen LogP contribution in [0.15, 0.2) is 42.9 Å². The van der Waals surface area contributed by atoms with Crippen molar-refractivity contribution in [1.82, 2.24) is 9.97 Å². The van der Waals surface area contributed by atoms with Crippen molar-refractivity contribution in [3.8, 4) is 5.75 Å². The van der Waals surface area contributed by atoms with Crippen LogP contribution >= 0.6 is 0 Å². The van der Waals surface area contributed by atoms with Crippen LogP contribution < -0.4 is 4.74 Å². The lowest BCUT2D eigenvalue weighted by molar-refractivity contribution is -0.139. The molecule has 0 aliphatic rings. The van der Waals surface area contributed by atoms with E-state index in [1.54, 1.807) is 30.7 Å². The fourth-order valence-electron chi connectivity index (χ4n) is 1.67. The minimum atomic E-state index is -0.998.